The van der Waals surface area contributed by atoms with Crippen LogP contribution in [0.1, 0.15) is 24.5 Å². The Balaban J connectivity index is 2.18. The fraction of sp³-hybridized carbons (Fsp3) is 0.438. The van der Waals surface area contributed by atoms with E-state index in [9.17, 15) is 4.79 Å². The number of nitrogens with two attached hydrogens (primary N) is 1. The van der Waals surface area contributed by atoms with Crippen molar-refractivity contribution in [1.29, 1.82) is 0 Å². The second-order valence-corrected chi connectivity index (χ2v) is 5.12. The van der Waals surface area contributed by atoms with E-state index < -0.39 is 0 Å². The minimum absolute atomic E-state index is 0.225. The zero-order chi connectivity index (χ0) is 14.5. The van der Waals surface area contributed by atoms with Crippen LogP contribution in [0, 0.1) is 17.8 Å². The van der Waals surface area contributed by atoms with Crippen LogP contribution in [-0.2, 0) is 11.3 Å². The highest BCUT2D eigenvalue weighted by Crippen LogP contribution is 2.23. The molecule has 1 aliphatic heterocycles. The van der Waals surface area contributed by atoms with Gasteiger partial charge in [0.2, 0.25) is 5.91 Å². The van der Waals surface area contributed by atoms with Crippen LogP contribution in [0.25, 0.3) is 0 Å². The Hall–Kier alpha value is -1.99. The SMILES string of the molecule is COc1ccc(CN2CC(C)CC2=O)cc1C#CCN. The molecule has 1 amide bonds. The lowest BCUT2D eigenvalue weighted by molar-refractivity contribution is -0.128. The number of carbonyl (C=O) groups is 1. The third-order valence-corrected chi connectivity index (χ3v) is 3.37. The Morgan fingerprint density at radius 2 is 2.30 bits per heavy atom. The van der Waals surface area contributed by atoms with Crippen molar-refractivity contribution in [2.24, 2.45) is 11.7 Å². The summed E-state index contributed by atoms with van der Waals surface area (Å²) in [6.07, 6.45) is 0.649. The molecule has 1 aliphatic rings. The van der Waals surface area contributed by atoms with Gasteiger partial charge < -0.3 is 15.4 Å². The van der Waals surface area contributed by atoms with Gasteiger partial charge in [0.1, 0.15) is 5.75 Å². The van der Waals surface area contributed by atoms with E-state index in [1.807, 2.05) is 23.1 Å². The average molecular weight is 272 g/mol. The van der Waals surface area contributed by atoms with Gasteiger partial charge >= 0.3 is 0 Å². The molecule has 4 heteroatoms. The van der Waals surface area contributed by atoms with Gasteiger partial charge in [-0.2, -0.15) is 0 Å². The molecule has 1 aromatic carbocycles. The molecular formula is C16H20N2O2. The first kappa shape index (κ1) is 14.4. The Morgan fingerprint density at radius 1 is 1.50 bits per heavy atom. The van der Waals surface area contributed by atoms with Crippen LogP contribution in [0.15, 0.2) is 18.2 Å². The molecule has 106 valence electrons. The smallest absolute Gasteiger partial charge is 0.223 e. The van der Waals surface area contributed by atoms with Crippen molar-refractivity contribution in [2.75, 3.05) is 20.2 Å². The van der Waals surface area contributed by atoms with Gasteiger partial charge in [0.15, 0.2) is 0 Å². The summed E-state index contributed by atoms with van der Waals surface area (Å²) >= 11 is 0. The number of hydrogen-bond donors (Lipinski definition) is 1. The third kappa shape index (κ3) is 3.31. The molecule has 1 saturated heterocycles. The van der Waals surface area contributed by atoms with Gasteiger partial charge in [-0.25, -0.2) is 0 Å². The van der Waals surface area contributed by atoms with Gasteiger partial charge in [0.25, 0.3) is 0 Å². The molecule has 20 heavy (non-hydrogen) atoms. The van der Waals surface area contributed by atoms with Gasteiger partial charge in [-0.05, 0) is 23.6 Å². The number of amides is 1. The van der Waals surface area contributed by atoms with E-state index in [4.69, 9.17) is 10.5 Å². The molecule has 1 heterocycles. The number of likely N-dealkylation sites (tertiary alicyclic amines) is 1. The summed E-state index contributed by atoms with van der Waals surface area (Å²) in [6.45, 7) is 3.87. The first-order valence-corrected chi connectivity index (χ1v) is 6.77. The number of methoxy groups -OCH3 is 1. The van der Waals surface area contributed by atoms with Gasteiger partial charge in [0, 0.05) is 19.5 Å². The summed E-state index contributed by atoms with van der Waals surface area (Å²) < 4.78 is 5.28. The van der Waals surface area contributed by atoms with Gasteiger partial charge in [-0.15, -0.1) is 0 Å². The molecule has 2 N–H and O–H groups in total. The summed E-state index contributed by atoms with van der Waals surface area (Å²) in [5.41, 5.74) is 7.28. The Bertz CT molecular complexity index is 557. The number of benzene rings is 1. The molecule has 1 unspecified atom stereocenters. The van der Waals surface area contributed by atoms with Crippen LogP contribution < -0.4 is 10.5 Å². The Morgan fingerprint density at radius 3 is 2.90 bits per heavy atom. The monoisotopic (exact) mass is 272 g/mol. The van der Waals surface area contributed by atoms with E-state index >= 15 is 0 Å². The molecular weight excluding hydrogens is 252 g/mol. The topological polar surface area (TPSA) is 55.6 Å². The number of ether oxygens (including phenoxy) is 1. The third-order valence-electron chi connectivity index (χ3n) is 3.37. The normalized spacial score (nSPS) is 17.9. The molecule has 1 aromatic rings. The van der Waals surface area contributed by atoms with Crippen molar-refractivity contribution in [2.45, 2.75) is 19.9 Å². The molecule has 0 saturated carbocycles. The molecule has 0 spiro atoms. The van der Waals surface area contributed by atoms with E-state index in [2.05, 4.69) is 18.8 Å². The number of carbonyl (C=O) groups excluding carboxylic acids is 1. The maximum atomic E-state index is 11.8. The fourth-order valence-corrected chi connectivity index (χ4v) is 2.44. The average Bonchev–Trinajstić information content (AvgIpc) is 2.75. The van der Waals surface area contributed by atoms with Crippen molar-refractivity contribution >= 4 is 5.91 Å². The molecule has 0 aromatic heterocycles. The van der Waals surface area contributed by atoms with Crippen molar-refractivity contribution in [1.82, 2.24) is 4.90 Å². The minimum atomic E-state index is 0.225. The van der Waals surface area contributed by atoms with E-state index in [0.29, 0.717) is 25.4 Å². The second-order valence-electron chi connectivity index (χ2n) is 5.12. The van der Waals surface area contributed by atoms with E-state index in [1.165, 1.54) is 0 Å². The summed E-state index contributed by atoms with van der Waals surface area (Å²) in [6, 6.07) is 5.83. The Labute approximate surface area is 119 Å². The van der Waals surface area contributed by atoms with Crippen LogP contribution in [0.5, 0.6) is 5.75 Å². The highest BCUT2D eigenvalue weighted by atomic mass is 16.5. The van der Waals surface area contributed by atoms with Crippen molar-refractivity contribution < 1.29 is 9.53 Å². The largest absolute Gasteiger partial charge is 0.495 e. The molecule has 2 rings (SSSR count). The molecule has 1 atom stereocenters. The summed E-state index contributed by atoms with van der Waals surface area (Å²) in [4.78, 5) is 13.7. The first-order valence-electron chi connectivity index (χ1n) is 6.77. The van der Waals surface area contributed by atoms with Crippen LogP contribution in [0.4, 0.5) is 0 Å². The fourth-order valence-electron chi connectivity index (χ4n) is 2.44. The Kier molecular flexibility index (Phi) is 4.65. The van der Waals surface area contributed by atoms with Crippen molar-refractivity contribution in [3.8, 4) is 17.6 Å². The zero-order valence-electron chi connectivity index (χ0n) is 12.0. The highest BCUT2D eigenvalue weighted by molar-refractivity contribution is 5.78. The maximum Gasteiger partial charge on any atom is 0.223 e. The van der Waals surface area contributed by atoms with Crippen molar-refractivity contribution in [3.05, 3.63) is 29.3 Å². The lowest BCUT2D eigenvalue weighted by Gasteiger charge is -2.16. The maximum absolute atomic E-state index is 11.8. The van der Waals surface area contributed by atoms with Crippen LogP contribution in [0.3, 0.4) is 0 Å². The summed E-state index contributed by atoms with van der Waals surface area (Å²) in [7, 11) is 1.62. The van der Waals surface area contributed by atoms with Gasteiger partial charge in [-0.3, -0.25) is 4.79 Å². The predicted molar refractivity (Wildman–Crippen MR) is 78.1 cm³/mol. The molecule has 0 bridgehead atoms. The molecule has 4 nitrogen and oxygen atoms in total. The van der Waals surface area contributed by atoms with Crippen LogP contribution >= 0.6 is 0 Å². The summed E-state index contributed by atoms with van der Waals surface area (Å²) in [5.74, 6) is 7.24. The standard InChI is InChI=1S/C16H20N2O2/c1-12-8-16(19)18(10-12)11-13-5-6-15(20-2)14(9-13)4-3-7-17/h5-6,9,12H,7-8,10-11,17H2,1-2H3. The number of hydrogen-bond acceptors (Lipinski definition) is 3. The van der Waals surface area contributed by atoms with Crippen LogP contribution in [0.2, 0.25) is 0 Å². The van der Waals surface area contributed by atoms with E-state index in [1.54, 1.807) is 7.11 Å². The second kappa shape index (κ2) is 6.44. The lowest BCUT2D eigenvalue weighted by atomic mass is 10.1. The molecule has 0 radical (unpaired) electrons. The minimum Gasteiger partial charge on any atom is -0.495 e. The predicted octanol–water partition coefficient (Wildman–Crippen LogP) is 1.37. The van der Waals surface area contributed by atoms with Gasteiger partial charge in [0.05, 0.1) is 19.2 Å². The van der Waals surface area contributed by atoms with E-state index in [0.717, 1.165) is 23.4 Å². The lowest BCUT2D eigenvalue weighted by Crippen LogP contribution is -2.24. The molecule has 0 aliphatic carbocycles. The molecule has 1 fully saturated rings. The van der Waals surface area contributed by atoms with E-state index in [-0.39, 0.29) is 5.91 Å². The van der Waals surface area contributed by atoms with Gasteiger partial charge in [-0.1, -0.05) is 24.8 Å². The number of rotatable bonds is 3. The number of nitrogens with zero attached hydrogens (tertiary/aromatic N) is 1. The quantitative estimate of drug-likeness (QED) is 0.846. The van der Waals surface area contributed by atoms with Crippen molar-refractivity contribution in [3.63, 3.8) is 0 Å². The highest BCUT2D eigenvalue weighted by Gasteiger charge is 2.26. The first-order chi connectivity index (χ1) is 9.63. The zero-order valence-corrected chi connectivity index (χ0v) is 12.0. The van der Waals surface area contributed by atoms with Crippen LogP contribution in [-0.4, -0.2) is 31.0 Å². The summed E-state index contributed by atoms with van der Waals surface area (Å²) in [5, 5.41) is 0.